The molecule has 0 aromatic rings. The highest BCUT2D eigenvalue weighted by Gasteiger charge is 2.59. The van der Waals surface area contributed by atoms with Gasteiger partial charge in [-0.25, -0.2) is 4.79 Å². The van der Waals surface area contributed by atoms with Crippen molar-refractivity contribution < 1.29 is 9.53 Å². The molecular weight excluding hydrogens is 490 g/mol. The Balaban J connectivity index is 1.27. The quantitative estimate of drug-likeness (QED) is 0.181. The van der Waals surface area contributed by atoms with Gasteiger partial charge in [0.2, 0.25) is 0 Å². The summed E-state index contributed by atoms with van der Waals surface area (Å²) >= 11 is 0. The van der Waals surface area contributed by atoms with E-state index in [-0.39, 0.29) is 12.2 Å². The molecule has 230 valence electrons. The fraction of sp³-hybridized carbons (Fsp3) is 0.919. The molecule has 0 aliphatic heterocycles. The Morgan fingerprint density at radius 1 is 0.875 bits per heavy atom. The second kappa shape index (κ2) is 14.0. The van der Waals surface area contributed by atoms with Gasteiger partial charge < -0.3 is 10.1 Å². The van der Waals surface area contributed by atoms with Crippen LogP contribution in [0.1, 0.15) is 151 Å². The number of hydrogen-bond acceptors (Lipinski definition) is 2. The summed E-state index contributed by atoms with van der Waals surface area (Å²) in [5, 5.41) is 3.04. The zero-order valence-electron chi connectivity index (χ0n) is 27.5. The minimum atomic E-state index is -0.196. The highest BCUT2D eigenvalue weighted by molar-refractivity contribution is 5.67. The molecule has 0 radical (unpaired) electrons. The van der Waals surface area contributed by atoms with Crippen molar-refractivity contribution in [1.29, 1.82) is 0 Å². The topological polar surface area (TPSA) is 38.3 Å². The molecule has 8 unspecified atom stereocenters. The zero-order chi connectivity index (χ0) is 28.9. The highest BCUT2D eigenvalue weighted by atomic mass is 16.6. The Bertz CT molecular complexity index is 847. The van der Waals surface area contributed by atoms with E-state index in [9.17, 15) is 4.79 Å². The summed E-state index contributed by atoms with van der Waals surface area (Å²) in [6.07, 6.45) is 23.0. The molecule has 4 aliphatic rings. The van der Waals surface area contributed by atoms with E-state index >= 15 is 0 Å². The Morgan fingerprint density at radius 3 is 2.35 bits per heavy atom. The largest absolute Gasteiger partial charge is 0.446 e. The van der Waals surface area contributed by atoms with E-state index in [1.807, 2.05) is 0 Å². The first-order valence-electron chi connectivity index (χ1n) is 17.7. The van der Waals surface area contributed by atoms with Crippen molar-refractivity contribution in [3.63, 3.8) is 0 Å². The zero-order valence-corrected chi connectivity index (χ0v) is 27.5. The third-order valence-electron chi connectivity index (χ3n) is 12.5. The van der Waals surface area contributed by atoms with Crippen LogP contribution >= 0.6 is 0 Å². The van der Waals surface area contributed by atoms with E-state index in [4.69, 9.17) is 4.74 Å². The maximum absolute atomic E-state index is 12.5. The van der Waals surface area contributed by atoms with Crippen molar-refractivity contribution in [2.45, 2.75) is 157 Å². The Labute approximate surface area is 248 Å². The van der Waals surface area contributed by atoms with E-state index in [0.29, 0.717) is 10.8 Å². The number of carbonyl (C=O) groups excluding carboxylic acids is 1. The van der Waals surface area contributed by atoms with Crippen LogP contribution in [0.2, 0.25) is 0 Å². The van der Waals surface area contributed by atoms with Crippen molar-refractivity contribution in [3.05, 3.63) is 11.6 Å². The second-order valence-electron chi connectivity index (χ2n) is 16.1. The monoisotopic (exact) mass is 556 g/mol. The normalized spacial score (nSPS) is 36.0. The number of amides is 1. The fourth-order valence-corrected chi connectivity index (χ4v) is 10.2. The summed E-state index contributed by atoms with van der Waals surface area (Å²) in [5.41, 5.74) is 2.48. The van der Waals surface area contributed by atoms with Gasteiger partial charge in [-0.05, 0) is 104 Å². The number of alkyl carbamates (subject to hydrolysis) is 1. The van der Waals surface area contributed by atoms with Gasteiger partial charge in [-0.3, -0.25) is 0 Å². The van der Waals surface area contributed by atoms with Crippen LogP contribution in [-0.4, -0.2) is 18.7 Å². The molecule has 4 aliphatic carbocycles. The lowest BCUT2D eigenvalue weighted by molar-refractivity contribution is -0.0581. The lowest BCUT2D eigenvalue weighted by atomic mass is 9.47. The van der Waals surface area contributed by atoms with Crippen molar-refractivity contribution in [3.8, 4) is 0 Å². The first-order valence-corrected chi connectivity index (χ1v) is 17.7. The minimum absolute atomic E-state index is 0.0540. The Hall–Kier alpha value is -0.990. The van der Waals surface area contributed by atoms with Gasteiger partial charge in [-0.1, -0.05) is 105 Å². The number of carbonyl (C=O) groups is 1. The first-order chi connectivity index (χ1) is 19.0. The average Bonchev–Trinajstić information content (AvgIpc) is 3.25. The summed E-state index contributed by atoms with van der Waals surface area (Å²) < 4.78 is 5.96. The predicted octanol–water partition coefficient (Wildman–Crippen LogP) is 10.7. The molecule has 1 N–H and O–H groups in total. The third kappa shape index (κ3) is 7.31. The molecule has 3 heteroatoms. The average molecular weight is 556 g/mol. The summed E-state index contributed by atoms with van der Waals surface area (Å²) in [7, 11) is 0. The number of hydrogen-bond donors (Lipinski definition) is 1. The smallest absolute Gasteiger partial charge is 0.407 e. The van der Waals surface area contributed by atoms with Crippen molar-refractivity contribution in [2.75, 3.05) is 6.54 Å². The van der Waals surface area contributed by atoms with E-state index in [2.05, 4.69) is 59.9 Å². The van der Waals surface area contributed by atoms with Gasteiger partial charge in [0.05, 0.1) is 0 Å². The Kier molecular flexibility index (Phi) is 11.2. The van der Waals surface area contributed by atoms with Crippen LogP contribution in [0.15, 0.2) is 11.6 Å². The molecule has 0 saturated heterocycles. The third-order valence-corrected chi connectivity index (χ3v) is 12.5. The second-order valence-corrected chi connectivity index (χ2v) is 16.1. The van der Waals surface area contributed by atoms with Gasteiger partial charge in [0.25, 0.3) is 0 Å². The number of ether oxygens (including phenoxy) is 1. The standard InChI is InChI=1S/C37H65NO2/c1-26(2)13-10-8-9-11-24-38-35(39)40-30-20-22-36(6)29(25-30)16-17-31-33-19-18-32(28(5)15-12-14-27(3)4)37(33,7)23-21-34(31)36/h16,26-28,30-34H,8-15,17-25H2,1-7H3,(H,38,39). The first kappa shape index (κ1) is 31.9. The Morgan fingerprint density at radius 2 is 1.60 bits per heavy atom. The summed E-state index contributed by atoms with van der Waals surface area (Å²) in [6, 6.07) is 0. The molecule has 4 rings (SSSR count). The molecule has 1 amide bonds. The van der Waals surface area contributed by atoms with E-state index in [1.54, 1.807) is 5.57 Å². The molecule has 40 heavy (non-hydrogen) atoms. The molecule has 0 aromatic heterocycles. The predicted molar refractivity (Wildman–Crippen MR) is 169 cm³/mol. The highest BCUT2D eigenvalue weighted by Crippen LogP contribution is 2.67. The van der Waals surface area contributed by atoms with Crippen molar-refractivity contribution in [1.82, 2.24) is 5.32 Å². The molecular formula is C37H65NO2. The number of allylic oxidation sites excluding steroid dienone is 1. The molecule has 0 bridgehead atoms. The van der Waals surface area contributed by atoms with Crippen LogP contribution in [0.4, 0.5) is 4.79 Å². The summed E-state index contributed by atoms with van der Waals surface area (Å²) in [4.78, 5) is 12.5. The molecule has 0 spiro atoms. The SMILES string of the molecule is CC(C)CCCCCCNC(=O)OC1CCC2(C)C(=CCC3C2CCC2(C)C(C(C)CCCC(C)C)CCC32)C1. The number of fused-ring (bicyclic) bond motifs is 5. The van der Waals surface area contributed by atoms with Crippen molar-refractivity contribution >= 4 is 6.09 Å². The minimum Gasteiger partial charge on any atom is -0.446 e. The van der Waals surface area contributed by atoms with Gasteiger partial charge in [0, 0.05) is 13.0 Å². The molecule has 3 saturated carbocycles. The molecule has 3 fully saturated rings. The van der Waals surface area contributed by atoms with Crippen LogP contribution in [-0.2, 0) is 4.74 Å². The van der Waals surface area contributed by atoms with E-state index in [0.717, 1.165) is 67.2 Å². The fourth-order valence-electron chi connectivity index (χ4n) is 10.2. The molecule has 8 atom stereocenters. The van der Waals surface area contributed by atoms with Gasteiger partial charge in [-0.15, -0.1) is 0 Å². The van der Waals surface area contributed by atoms with Crippen LogP contribution in [0.5, 0.6) is 0 Å². The van der Waals surface area contributed by atoms with Crippen LogP contribution in [0, 0.1) is 52.3 Å². The lowest BCUT2D eigenvalue weighted by Crippen LogP contribution is -2.51. The number of unbranched alkanes of at least 4 members (excludes halogenated alkanes) is 3. The molecule has 0 aromatic carbocycles. The maximum atomic E-state index is 12.5. The van der Waals surface area contributed by atoms with Crippen LogP contribution in [0.3, 0.4) is 0 Å². The maximum Gasteiger partial charge on any atom is 0.407 e. The molecule has 0 heterocycles. The van der Waals surface area contributed by atoms with Gasteiger partial charge in [0.1, 0.15) is 6.10 Å². The van der Waals surface area contributed by atoms with E-state index in [1.165, 1.54) is 83.5 Å². The van der Waals surface area contributed by atoms with Gasteiger partial charge in [0.15, 0.2) is 0 Å². The number of nitrogens with one attached hydrogen (secondary N) is 1. The van der Waals surface area contributed by atoms with Crippen LogP contribution < -0.4 is 5.32 Å². The summed E-state index contributed by atoms with van der Waals surface area (Å²) in [5.74, 6) is 6.02. The number of rotatable bonds is 13. The van der Waals surface area contributed by atoms with Crippen LogP contribution in [0.25, 0.3) is 0 Å². The lowest BCUT2D eigenvalue weighted by Gasteiger charge is -2.58. The van der Waals surface area contributed by atoms with Gasteiger partial charge >= 0.3 is 6.09 Å². The van der Waals surface area contributed by atoms with Gasteiger partial charge in [-0.2, -0.15) is 0 Å². The van der Waals surface area contributed by atoms with E-state index < -0.39 is 0 Å². The summed E-state index contributed by atoms with van der Waals surface area (Å²) in [6.45, 7) is 17.9. The molecule has 3 nitrogen and oxygen atoms in total. The van der Waals surface area contributed by atoms with Crippen molar-refractivity contribution in [2.24, 2.45) is 52.3 Å².